The number of nitriles is 1. The fourth-order valence-electron chi connectivity index (χ4n) is 2.20. The van der Waals surface area contributed by atoms with E-state index in [2.05, 4.69) is 16.7 Å². The van der Waals surface area contributed by atoms with Gasteiger partial charge < -0.3 is 25.2 Å². The highest BCUT2D eigenvalue weighted by atomic mass is 16.5. The monoisotopic (exact) mass is 301 g/mol. The zero-order chi connectivity index (χ0) is 16.1. The SMILES string of the molecule is CC.CNC1(C#N)CCOCC1.CNC1CCOCC1O. The summed E-state index contributed by atoms with van der Waals surface area (Å²) in [7, 11) is 3.69. The van der Waals surface area contributed by atoms with Crippen LogP contribution in [0.5, 0.6) is 0 Å². The third-order valence-electron chi connectivity index (χ3n) is 3.74. The molecule has 0 spiro atoms. The number of hydrogen-bond acceptors (Lipinski definition) is 6. The van der Waals surface area contributed by atoms with Crippen molar-refractivity contribution in [3.63, 3.8) is 0 Å². The maximum Gasteiger partial charge on any atom is 0.110 e. The Kier molecular flexibility index (Phi) is 11.5. The van der Waals surface area contributed by atoms with Crippen LogP contribution in [-0.2, 0) is 9.47 Å². The molecule has 2 atom stereocenters. The minimum absolute atomic E-state index is 0.235. The summed E-state index contributed by atoms with van der Waals surface area (Å²) in [5.41, 5.74) is -0.307. The Labute approximate surface area is 128 Å². The molecule has 2 saturated heterocycles. The smallest absolute Gasteiger partial charge is 0.110 e. The Balaban J connectivity index is 0.000000342. The molecule has 0 saturated carbocycles. The lowest BCUT2D eigenvalue weighted by molar-refractivity contribution is -0.0258. The summed E-state index contributed by atoms with van der Waals surface area (Å²) < 4.78 is 10.2. The number of hydrogen-bond donors (Lipinski definition) is 3. The second-order valence-corrected chi connectivity index (χ2v) is 4.88. The van der Waals surface area contributed by atoms with Gasteiger partial charge in [0.25, 0.3) is 0 Å². The molecule has 0 bridgehead atoms. The van der Waals surface area contributed by atoms with Crippen molar-refractivity contribution in [2.75, 3.05) is 40.5 Å². The van der Waals surface area contributed by atoms with Gasteiger partial charge in [-0.3, -0.25) is 0 Å². The molecule has 2 aliphatic heterocycles. The zero-order valence-corrected chi connectivity index (χ0v) is 13.8. The van der Waals surface area contributed by atoms with Crippen molar-refractivity contribution in [3.8, 4) is 6.07 Å². The van der Waals surface area contributed by atoms with Crippen LogP contribution in [0.15, 0.2) is 0 Å². The van der Waals surface area contributed by atoms with E-state index in [4.69, 9.17) is 14.7 Å². The minimum atomic E-state index is -0.316. The zero-order valence-electron chi connectivity index (χ0n) is 13.8. The molecule has 21 heavy (non-hydrogen) atoms. The van der Waals surface area contributed by atoms with Crippen molar-refractivity contribution in [3.05, 3.63) is 0 Å². The molecule has 0 aromatic rings. The van der Waals surface area contributed by atoms with Crippen molar-refractivity contribution in [2.24, 2.45) is 0 Å². The Morgan fingerprint density at radius 3 is 2.10 bits per heavy atom. The van der Waals surface area contributed by atoms with Crippen molar-refractivity contribution in [2.45, 2.75) is 50.8 Å². The first-order chi connectivity index (χ1) is 10.2. The van der Waals surface area contributed by atoms with Crippen LogP contribution >= 0.6 is 0 Å². The Bertz CT molecular complexity index is 288. The molecule has 6 heteroatoms. The molecule has 2 aliphatic rings. The molecule has 3 N–H and O–H groups in total. The topological polar surface area (TPSA) is 86.5 Å². The van der Waals surface area contributed by atoms with Crippen LogP contribution < -0.4 is 10.6 Å². The number of aliphatic hydroxyl groups is 1. The van der Waals surface area contributed by atoms with Gasteiger partial charge in [0.1, 0.15) is 5.54 Å². The second-order valence-electron chi connectivity index (χ2n) is 4.88. The van der Waals surface area contributed by atoms with Gasteiger partial charge >= 0.3 is 0 Å². The molecular weight excluding hydrogens is 270 g/mol. The average molecular weight is 301 g/mol. The molecule has 0 radical (unpaired) electrons. The summed E-state index contributed by atoms with van der Waals surface area (Å²) >= 11 is 0. The number of rotatable bonds is 2. The second kappa shape index (κ2) is 11.9. The Morgan fingerprint density at radius 1 is 1.14 bits per heavy atom. The molecule has 124 valence electrons. The third-order valence-corrected chi connectivity index (χ3v) is 3.74. The number of aliphatic hydroxyl groups excluding tert-OH is 1. The van der Waals surface area contributed by atoms with E-state index in [1.807, 2.05) is 27.9 Å². The van der Waals surface area contributed by atoms with Crippen LogP contribution in [-0.4, -0.2) is 63.3 Å². The quantitative estimate of drug-likeness (QED) is 0.694. The number of nitrogens with zero attached hydrogens (tertiary/aromatic N) is 1. The van der Waals surface area contributed by atoms with Gasteiger partial charge in [0, 0.05) is 38.7 Å². The molecule has 0 aromatic heterocycles. The van der Waals surface area contributed by atoms with E-state index in [0.717, 1.165) is 25.9 Å². The maximum atomic E-state index is 9.18. The molecule has 2 heterocycles. The van der Waals surface area contributed by atoms with Gasteiger partial charge in [0.15, 0.2) is 0 Å². The van der Waals surface area contributed by atoms with Crippen LogP contribution in [0.1, 0.15) is 33.1 Å². The van der Waals surface area contributed by atoms with E-state index in [1.54, 1.807) is 0 Å². The highest BCUT2D eigenvalue weighted by molar-refractivity contribution is 5.07. The highest BCUT2D eigenvalue weighted by Crippen LogP contribution is 2.18. The summed E-state index contributed by atoms with van der Waals surface area (Å²) in [4.78, 5) is 0. The molecule has 0 aliphatic carbocycles. The summed E-state index contributed by atoms with van der Waals surface area (Å²) in [5.74, 6) is 0. The lowest BCUT2D eigenvalue weighted by Gasteiger charge is -2.29. The molecule has 2 unspecified atom stereocenters. The van der Waals surface area contributed by atoms with Crippen LogP contribution in [0.3, 0.4) is 0 Å². The molecule has 2 rings (SSSR count). The Morgan fingerprint density at radius 2 is 1.76 bits per heavy atom. The largest absolute Gasteiger partial charge is 0.389 e. The lowest BCUT2D eigenvalue weighted by atomic mass is 9.92. The highest BCUT2D eigenvalue weighted by Gasteiger charge is 2.30. The summed E-state index contributed by atoms with van der Waals surface area (Å²) in [6.07, 6.45) is 2.21. The summed E-state index contributed by atoms with van der Waals surface area (Å²) in [5, 5.41) is 24.0. The normalized spacial score (nSPS) is 27.2. The molecule has 0 aromatic carbocycles. The molecule has 2 fully saturated rings. The Hall–Kier alpha value is -0.710. The lowest BCUT2D eigenvalue weighted by Crippen LogP contribution is -2.46. The maximum absolute atomic E-state index is 9.18. The van der Waals surface area contributed by atoms with Crippen molar-refractivity contribution < 1.29 is 14.6 Å². The molecule has 6 nitrogen and oxygen atoms in total. The van der Waals surface area contributed by atoms with Crippen molar-refractivity contribution >= 4 is 0 Å². The standard InChI is InChI=1S/C7H12N2O.C6H13NO2.C2H6/c1-9-7(6-8)2-4-10-5-3-7;1-7-5-2-3-9-4-6(5)8;1-2/h9H,2-5H2,1H3;5-8H,2-4H2,1H3;1-2H3. The number of nitrogens with one attached hydrogen (secondary N) is 2. The number of likely N-dealkylation sites (N-methyl/N-ethyl adjacent to an activating group) is 1. The summed E-state index contributed by atoms with van der Waals surface area (Å²) in [6.45, 7) is 6.65. The molecular formula is C15H31N3O3. The fourth-order valence-corrected chi connectivity index (χ4v) is 2.20. The van der Waals surface area contributed by atoms with Gasteiger partial charge in [-0.05, 0) is 20.5 Å². The van der Waals surface area contributed by atoms with E-state index in [-0.39, 0.29) is 17.7 Å². The van der Waals surface area contributed by atoms with Crippen molar-refractivity contribution in [1.29, 1.82) is 5.26 Å². The van der Waals surface area contributed by atoms with E-state index in [9.17, 15) is 5.11 Å². The van der Waals surface area contributed by atoms with E-state index in [0.29, 0.717) is 19.8 Å². The average Bonchev–Trinajstić information content (AvgIpc) is 2.58. The van der Waals surface area contributed by atoms with Crippen LogP contribution in [0.4, 0.5) is 0 Å². The first-order valence-corrected chi connectivity index (χ1v) is 7.78. The van der Waals surface area contributed by atoms with Gasteiger partial charge in [0.05, 0.1) is 18.8 Å². The minimum Gasteiger partial charge on any atom is -0.389 e. The predicted molar refractivity (Wildman–Crippen MR) is 83.1 cm³/mol. The first kappa shape index (κ1) is 20.3. The van der Waals surface area contributed by atoms with Crippen molar-refractivity contribution in [1.82, 2.24) is 10.6 Å². The first-order valence-electron chi connectivity index (χ1n) is 7.78. The van der Waals surface area contributed by atoms with Crippen LogP contribution in [0, 0.1) is 11.3 Å². The van der Waals surface area contributed by atoms with Gasteiger partial charge in [-0.1, -0.05) is 13.8 Å². The van der Waals surface area contributed by atoms with Gasteiger partial charge in [0.2, 0.25) is 0 Å². The summed E-state index contributed by atoms with van der Waals surface area (Å²) in [6, 6.07) is 2.51. The van der Waals surface area contributed by atoms with E-state index < -0.39 is 0 Å². The molecule has 0 amide bonds. The fraction of sp³-hybridized carbons (Fsp3) is 0.933. The van der Waals surface area contributed by atoms with Crippen LogP contribution in [0.2, 0.25) is 0 Å². The van der Waals surface area contributed by atoms with E-state index in [1.165, 1.54) is 0 Å². The van der Waals surface area contributed by atoms with E-state index >= 15 is 0 Å². The van der Waals surface area contributed by atoms with Gasteiger partial charge in [-0.15, -0.1) is 0 Å². The predicted octanol–water partition coefficient (Wildman–Crippen LogP) is 0.660. The van der Waals surface area contributed by atoms with Crippen LogP contribution in [0.25, 0.3) is 0 Å². The van der Waals surface area contributed by atoms with Gasteiger partial charge in [-0.25, -0.2) is 0 Å². The van der Waals surface area contributed by atoms with Gasteiger partial charge in [-0.2, -0.15) is 5.26 Å². The number of ether oxygens (including phenoxy) is 2. The third kappa shape index (κ3) is 7.21.